The molecule has 1 N–H and O–H groups in total. The highest BCUT2D eigenvalue weighted by atomic mass is 32.2. The van der Waals surface area contributed by atoms with Crippen LogP contribution in [0.2, 0.25) is 0 Å². The van der Waals surface area contributed by atoms with E-state index in [1.165, 1.54) is 16.7 Å². The van der Waals surface area contributed by atoms with Crippen LogP contribution in [0.25, 0.3) is 11.1 Å². The van der Waals surface area contributed by atoms with Gasteiger partial charge in [0.25, 0.3) is 5.91 Å². The lowest BCUT2D eigenvalue weighted by atomic mass is 9.91. The third-order valence-corrected chi connectivity index (χ3v) is 6.56. The molecule has 0 spiro atoms. The van der Waals surface area contributed by atoms with Gasteiger partial charge in [-0.1, -0.05) is 6.07 Å². The first-order valence-corrected chi connectivity index (χ1v) is 10.2. The van der Waals surface area contributed by atoms with Crippen LogP contribution in [0.3, 0.4) is 0 Å². The van der Waals surface area contributed by atoms with Gasteiger partial charge in [-0.3, -0.25) is 4.79 Å². The summed E-state index contributed by atoms with van der Waals surface area (Å²) in [6.07, 6.45) is 2.88. The lowest BCUT2D eigenvalue weighted by molar-refractivity contribution is -0.0772. The van der Waals surface area contributed by atoms with Gasteiger partial charge in [0.15, 0.2) is 17.2 Å². The molecular formula is C21H23NO5S. The quantitative estimate of drug-likeness (QED) is 0.793. The second-order valence-electron chi connectivity index (χ2n) is 6.93. The highest BCUT2D eigenvalue weighted by Crippen LogP contribution is 2.55. The Balaban J connectivity index is 2.14. The van der Waals surface area contributed by atoms with Crippen molar-refractivity contribution in [1.29, 1.82) is 0 Å². The predicted molar refractivity (Wildman–Crippen MR) is 108 cm³/mol. The van der Waals surface area contributed by atoms with Gasteiger partial charge in [0, 0.05) is 29.5 Å². The number of amides is 1. The number of aryl methyl sites for hydroxylation is 1. The summed E-state index contributed by atoms with van der Waals surface area (Å²) in [7, 11) is 6.40. The predicted octanol–water partition coefficient (Wildman–Crippen LogP) is 3.28. The highest BCUT2D eigenvalue weighted by Gasteiger charge is 2.51. The Hall–Kier alpha value is -2.38. The molecule has 1 aliphatic heterocycles. The number of carbonyl (C=O) groups is 1. The summed E-state index contributed by atoms with van der Waals surface area (Å²) >= 11 is 1.50. The van der Waals surface area contributed by atoms with Crippen molar-refractivity contribution in [2.45, 2.75) is 23.5 Å². The van der Waals surface area contributed by atoms with Crippen molar-refractivity contribution in [1.82, 2.24) is 4.90 Å². The van der Waals surface area contributed by atoms with Crippen LogP contribution in [0.5, 0.6) is 17.2 Å². The molecule has 0 aromatic heterocycles. The van der Waals surface area contributed by atoms with E-state index < -0.39 is 5.72 Å². The largest absolute Gasteiger partial charge is 0.493 e. The number of methoxy groups -OCH3 is 3. The van der Waals surface area contributed by atoms with E-state index in [4.69, 9.17) is 14.2 Å². The molecule has 0 bridgehead atoms. The van der Waals surface area contributed by atoms with E-state index in [9.17, 15) is 9.90 Å². The maximum Gasteiger partial charge on any atom is 0.257 e. The van der Waals surface area contributed by atoms with Crippen LogP contribution < -0.4 is 14.2 Å². The van der Waals surface area contributed by atoms with Gasteiger partial charge in [-0.05, 0) is 35.9 Å². The summed E-state index contributed by atoms with van der Waals surface area (Å²) in [5.74, 6) is 1.45. The topological polar surface area (TPSA) is 68.2 Å². The summed E-state index contributed by atoms with van der Waals surface area (Å²) < 4.78 is 16.8. The maximum absolute atomic E-state index is 13.0. The lowest BCUT2D eigenvalue weighted by Gasteiger charge is -2.31. The number of nitrogens with zero attached hydrogens (tertiary/aromatic N) is 1. The fourth-order valence-electron chi connectivity index (χ4n) is 4.39. The van der Waals surface area contributed by atoms with Gasteiger partial charge in [0.2, 0.25) is 5.75 Å². The van der Waals surface area contributed by atoms with Crippen molar-refractivity contribution in [3.8, 4) is 28.4 Å². The van der Waals surface area contributed by atoms with Gasteiger partial charge in [0.05, 0.1) is 26.9 Å². The molecular weight excluding hydrogens is 378 g/mol. The monoisotopic (exact) mass is 401 g/mol. The number of rotatable bonds is 4. The van der Waals surface area contributed by atoms with Gasteiger partial charge in [-0.25, -0.2) is 0 Å². The fourth-order valence-corrected chi connectivity index (χ4v) is 4.99. The Kier molecular flexibility index (Phi) is 4.47. The Bertz CT molecular complexity index is 989. The minimum absolute atomic E-state index is 0.161. The molecule has 1 unspecified atom stereocenters. The van der Waals surface area contributed by atoms with Crippen molar-refractivity contribution < 1.29 is 24.1 Å². The van der Waals surface area contributed by atoms with Crippen LogP contribution >= 0.6 is 11.8 Å². The molecule has 1 heterocycles. The molecule has 2 aromatic rings. The number of hydrogen-bond donors (Lipinski definition) is 1. The van der Waals surface area contributed by atoms with Crippen molar-refractivity contribution in [3.05, 3.63) is 34.9 Å². The third-order valence-electron chi connectivity index (χ3n) is 5.78. The Morgan fingerprint density at radius 1 is 1.11 bits per heavy atom. The smallest absolute Gasteiger partial charge is 0.257 e. The summed E-state index contributed by atoms with van der Waals surface area (Å²) in [4.78, 5) is 15.3. The van der Waals surface area contributed by atoms with E-state index in [2.05, 4.69) is 0 Å². The van der Waals surface area contributed by atoms with E-state index in [-0.39, 0.29) is 5.91 Å². The van der Waals surface area contributed by atoms with Crippen molar-refractivity contribution in [2.75, 3.05) is 34.6 Å². The number of aliphatic hydroxyl groups is 1. The molecule has 7 heteroatoms. The molecule has 2 aliphatic rings. The Labute approximate surface area is 168 Å². The lowest BCUT2D eigenvalue weighted by Crippen LogP contribution is -2.41. The second kappa shape index (κ2) is 6.60. The molecule has 0 radical (unpaired) electrons. The first kappa shape index (κ1) is 19.0. The first-order valence-electron chi connectivity index (χ1n) is 8.97. The van der Waals surface area contributed by atoms with E-state index >= 15 is 0 Å². The Morgan fingerprint density at radius 3 is 2.43 bits per heavy atom. The van der Waals surface area contributed by atoms with Gasteiger partial charge in [-0.15, -0.1) is 11.8 Å². The van der Waals surface area contributed by atoms with Crippen LogP contribution in [0.4, 0.5) is 0 Å². The number of thioether (sulfide) groups is 1. The van der Waals surface area contributed by atoms with Gasteiger partial charge < -0.3 is 24.2 Å². The van der Waals surface area contributed by atoms with Crippen molar-refractivity contribution >= 4 is 17.7 Å². The van der Waals surface area contributed by atoms with Crippen LogP contribution in [-0.2, 0) is 12.1 Å². The summed E-state index contributed by atoms with van der Waals surface area (Å²) in [5.41, 5.74) is 2.47. The maximum atomic E-state index is 13.0. The van der Waals surface area contributed by atoms with E-state index in [0.717, 1.165) is 21.6 Å². The molecule has 0 fully saturated rings. The number of carbonyl (C=O) groups excluding carboxylic acids is 1. The number of ether oxygens (including phenoxy) is 3. The van der Waals surface area contributed by atoms with Crippen LogP contribution in [-0.4, -0.2) is 50.5 Å². The molecule has 148 valence electrons. The van der Waals surface area contributed by atoms with Crippen molar-refractivity contribution in [2.24, 2.45) is 0 Å². The molecule has 4 rings (SSSR count). The van der Waals surface area contributed by atoms with Crippen LogP contribution in [0, 0.1) is 0 Å². The zero-order valence-electron chi connectivity index (χ0n) is 16.6. The average molecular weight is 401 g/mol. The van der Waals surface area contributed by atoms with E-state index in [0.29, 0.717) is 41.2 Å². The van der Waals surface area contributed by atoms with E-state index in [1.807, 2.05) is 24.5 Å². The molecule has 1 amide bonds. The van der Waals surface area contributed by atoms with Crippen LogP contribution in [0.15, 0.2) is 23.1 Å². The molecule has 1 aliphatic carbocycles. The molecule has 28 heavy (non-hydrogen) atoms. The Morgan fingerprint density at radius 2 is 1.82 bits per heavy atom. The SMILES string of the molecule is COc1cc2c(c(OC)c1OC)-c1ccc(SC)c3c1C(O)(CC2)N(C)C3=O. The van der Waals surface area contributed by atoms with Crippen LogP contribution in [0.1, 0.15) is 27.9 Å². The van der Waals surface area contributed by atoms with Gasteiger partial charge in [-0.2, -0.15) is 0 Å². The average Bonchev–Trinajstić information content (AvgIpc) is 2.84. The standard InChI is InChI=1S/C21H23NO5S/c1-22-20(23)16-14(28-5)7-6-12-15-11(8-9-21(22,24)17(12)16)10-13(25-2)18(26-3)19(15)27-4/h6-7,10,24H,8-9H2,1-5H3. The third kappa shape index (κ3) is 2.29. The molecule has 6 nitrogen and oxygen atoms in total. The number of benzene rings is 2. The zero-order valence-corrected chi connectivity index (χ0v) is 17.4. The molecule has 0 saturated carbocycles. The fraction of sp³-hybridized carbons (Fsp3) is 0.381. The molecule has 2 aromatic carbocycles. The highest BCUT2D eigenvalue weighted by molar-refractivity contribution is 7.98. The minimum Gasteiger partial charge on any atom is -0.493 e. The number of hydrogen-bond acceptors (Lipinski definition) is 6. The second-order valence-corrected chi connectivity index (χ2v) is 7.77. The molecule has 1 atom stereocenters. The normalized spacial score (nSPS) is 19.8. The van der Waals surface area contributed by atoms with E-state index in [1.54, 1.807) is 28.4 Å². The summed E-state index contributed by atoms with van der Waals surface area (Å²) in [6, 6.07) is 5.82. The summed E-state index contributed by atoms with van der Waals surface area (Å²) in [5, 5.41) is 11.6. The molecule has 0 saturated heterocycles. The first-order chi connectivity index (χ1) is 13.4. The summed E-state index contributed by atoms with van der Waals surface area (Å²) in [6.45, 7) is 0. The minimum atomic E-state index is -1.36. The zero-order chi connectivity index (χ0) is 20.2. The van der Waals surface area contributed by atoms with Crippen molar-refractivity contribution in [3.63, 3.8) is 0 Å². The van der Waals surface area contributed by atoms with Gasteiger partial charge in [0.1, 0.15) is 0 Å². The van der Waals surface area contributed by atoms with Gasteiger partial charge >= 0.3 is 0 Å². The number of fused-ring (bicyclic) bond motifs is 2.